The van der Waals surface area contributed by atoms with Crippen molar-refractivity contribution in [3.63, 3.8) is 0 Å². The molecule has 66 valence electrons. The molecule has 0 unspecified atom stereocenters. The van der Waals surface area contributed by atoms with Gasteiger partial charge in [0.25, 0.3) is 0 Å². The van der Waals surface area contributed by atoms with Crippen LogP contribution in [0.3, 0.4) is 0 Å². The summed E-state index contributed by atoms with van der Waals surface area (Å²) in [4.78, 5) is 14.5. The molecule has 0 aromatic rings. The second-order valence-corrected chi connectivity index (χ2v) is 2.20. The van der Waals surface area contributed by atoms with E-state index in [9.17, 15) is 4.79 Å². The largest absolute Gasteiger partial charge is 0.310 e. The Labute approximate surface area is 76.8 Å². The second-order valence-electron chi connectivity index (χ2n) is 1.93. The van der Waals surface area contributed by atoms with Crippen molar-refractivity contribution in [3.8, 4) is 0 Å². The Bertz CT molecular complexity index is 221. The lowest BCUT2D eigenvalue weighted by atomic mass is 10.5. The van der Waals surface area contributed by atoms with E-state index in [4.69, 9.17) is 11.6 Å². The van der Waals surface area contributed by atoms with E-state index in [1.807, 2.05) is 13.0 Å². The molecule has 0 saturated heterocycles. The number of hydrogen-bond donors (Lipinski definition) is 1. The third kappa shape index (κ3) is 5.68. The fraction of sp³-hybridized carbons (Fsp3) is 0.250. The summed E-state index contributed by atoms with van der Waals surface area (Å²) in [6, 6.07) is 0. The van der Waals surface area contributed by atoms with Crippen LogP contribution in [0.15, 0.2) is 29.5 Å². The van der Waals surface area contributed by atoms with Crippen molar-refractivity contribution in [2.24, 2.45) is 4.99 Å². The summed E-state index contributed by atoms with van der Waals surface area (Å²) in [5, 5.41) is 2.39. The van der Waals surface area contributed by atoms with Gasteiger partial charge in [0.1, 0.15) is 11.7 Å². The van der Waals surface area contributed by atoms with Crippen molar-refractivity contribution in [2.75, 3.05) is 5.88 Å². The summed E-state index contributed by atoms with van der Waals surface area (Å²) in [7, 11) is 0. The van der Waals surface area contributed by atoms with Crippen LogP contribution in [0.2, 0.25) is 0 Å². The molecule has 1 N–H and O–H groups in total. The molecule has 0 rings (SSSR count). The van der Waals surface area contributed by atoms with E-state index in [0.29, 0.717) is 5.82 Å². The van der Waals surface area contributed by atoms with Gasteiger partial charge in [-0.3, -0.25) is 4.79 Å². The fourth-order valence-corrected chi connectivity index (χ4v) is 0.513. The SMILES string of the molecule is C=C(/N=C\C=C/C)NC(=O)CCl. The number of nitrogens with zero attached hydrogens (tertiary/aromatic N) is 1. The zero-order chi connectivity index (χ0) is 9.40. The first kappa shape index (κ1) is 10.9. The summed E-state index contributed by atoms with van der Waals surface area (Å²) in [6.07, 6.45) is 5.09. The van der Waals surface area contributed by atoms with Crippen molar-refractivity contribution in [1.82, 2.24) is 5.32 Å². The molecule has 0 aliphatic rings. The Morgan fingerprint density at radius 2 is 2.42 bits per heavy atom. The number of hydrogen-bond acceptors (Lipinski definition) is 2. The average Bonchev–Trinajstić information content (AvgIpc) is 2.05. The first-order valence-electron chi connectivity index (χ1n) is 3.40. The molecule has 4 heteroatoms. The van der Waals surface area contributed by atoms with Gasteiger partial charge in [-0.15, -0.1) is 11.6 Å². The maximum Gasteiger partial charge on any atom is 0.240 e. The Morgan fingerprint density at radius 3 is 2.92 bits per heavy atom. The van der Waals surface area contributed by atoms with E-state index in [0.717, 1.165) is 0 Å². The number of amides is 1. The van der Waals surface area contributed by atoms with E-state index < -0.39 is 0 Å². The number of rotatable bonds is 4. The highest BCUT2D eigenvalue weighted by Crippen LogP contribution is 1.86. The van der Waals surface area contributed by atoms with E-state index in [1.54, 1.807) is 6.08 Å². The summed E-state index contributed by atoms with van der Waals surface area (Å²) in [5.74, 6) is -0.101. The molecule has 0 radical (unpaired) electrons. The van der Waals surface area contributed by atoms with Gasteiger partial charge < -0.3 is 5.32 Å². The van der Waals surface area contributed by atoms with Gasteiger partial charge in [-0.1, -0.05) is 12.7 Å². The van der Waals surface area contributed by atoms with Gasteiger partial charge in [0.2, 0.25) is 5.91 Å². The first-order chi connectivity index (χ1) is 5.70. The van der Waals surface area contributed by atoms with E-state index in [1.165, 1.54) is 6.21 Å². The van der Waals surface area contributed by atoms with Gasteiger partial charge in [-0.05, 0) is 13.0 Å². The molecule has 0 aliphatic heterocycles. The van der Waals surface area contributed by atoms with Gasteiger partial charge in [0.15, 0.2) is 0 Å². The number of carbonyl (C=O) groups is 1. The molecule has 0 heterocycles. The molecule has 0 aromatic heterocycles. The number of allylic oxidation sites excluding steroid dienone is 2. The lowest BCUT2D eigenvalue weighted by Gasteiger charge is -1.98. The lowest BCUT2D eigenvalue weighted by molar-refractivity contribution is -0.117. The monoisotopic (exact) mass is 186 g/mol. The standard InChI is InChI=1S/C8H11ClN2O/c1-3-4-5-10-7(2)11-8(12)6-9/h3-5H,2,6H2,1H3,(H,11,12)/b4-3-,10-5-. The highest BCUT2D eigenvalue weighted by Gasteiger charge is 1.96. The minimum Gasteiger partial charge on any atom is -0.310 e. The minimum absolute atomic E-state index is 0.0852. The number of halogens is 1. The Balaban J connectivity index is 3.81. The Hall–Kier alpha value is -1.09. The van der Waals surface area contributed by atoms with Crippen LogP contribution < -0.4 is 5.32 Å². The molecule has 1 amide bonds. The zero-order valence-corrected chi connectivity index (χ0v) is 7.64. The van der Waals surface area contributed by atoms with E-state index >= 15 is 0 Å². The maximum atomic E-state index is 10.7. The summed E-state index contributed by atoms with van der Waals surface area (Å²) in [6.45, 7) is 5.36. The minimum atomic E-state index is -0.306. The van der Waals surface area contributed by atoms with Crippen LogP contribution in [0.4, 0.5) is 0 Å². The summed E-state index contributed by atoms with van der Waals surface area (Å²) < 4.78 is 0. The van der Waals surface area contributed by atoms with E-state index in [-0.39, 0.29) is 11.8 Å². The molecule has 0 atom stereocenters. The van der Waals surface area contributed by atoms with Crippen molar-refractivity contribution >= 4 is 23.7 Å². The highest BCUT2D eigenvalue weighted by molar-refractivity contribution is 6.27. The lowest BCUT2D eigenvalue weighted by Crippen LogP contribution is -2.22. The quantitative estimate of drug-likeness (QED) is 0.524. The zero-order valence-electron chi connectivity index (χ0n) is 6.88. The predicted molar refractivity (Wildman–Crippen MR) is 51.3 cm³/mol. The summed E-state index contributed by atoms with van der Waals surface area (Å²) in [5.41, 5.74) is 0. The molecule has 0 bridgehead atoms. The van der Waals surface area contributed by atoms with Crippen LogP contribution in [-0.2, 0) is 4.79 Å². The van der Waals surface area contributed by atoms with Crippen LogP contribution in [0.5, 0.6) is 0 Å². The third-order valence-electron chi connectivity index (χ3n) is 0.914. The maximum absolute atomic E-state index is 10.7. The molecular weight excluding hydrogens is 176 g/mol. The van der Waals surface area contributed by atoms with Crippen LogP contribution in [0.25, 0.3) is 0 Å². The second kappa shape index (κ2) is 6.61. The number of aliphatic imine (C=N–C) groups is 1. The molecule has 12 heavy (non-hydrogen) atoms. The van der Waals surface area contributed by atoms with Crippen LogP contribution in [0, 0.1) is 0 Å². The van der Waals surface area contributed by atoms with Gasteiger partial charge in [0, 0.05) is 6.21 Å². The van der Waals surface area contributed by atoms with Crippen molar-refractivity contribution in [2.45, 2.75) is 6.92 Å². The Kier molecular flexibility index (Phi) is 6.01. The van der Waals surface area contributed by atoms with E-state index in [2.05, 4.69) is 16.9 Å². The smallest absolute Gasteiger partial charge is 0.240 e. The van der Waals surface area contributed by atoms with Crippen molar-refractivity contribution < 1.29 is 4.79 Å². The summed E-state index contributed by atoms with van der Waals surface area (Å²) >= 11 is 5.24. The molecular formula is C8H11ClN2O. The van der Waals surface area contributed by atoms with Crippen LogP contribution >= 0.6 is 11.6 Å². The van der Waals surface area contributed by atoms with Gasteiger partial charge in [-0.25, -0.2) is 4.99 Å². The Morgan fingerprint density at radius 1 is 1.75 bits per heavy atom. The first-order valence-corrected chi connectivity index (χ1v) is 3.94. The van der Waals surface area contributed by atoms with Gasteiger partial charge in [-0.2, -0.15) is 0 Å². The predicted octanol–water partition coefficient (Wildman–Crippen LogP) is 1.46. The van der Waals surface area contributed by atoms with Crippen molar-refractivity contribution in [3.05, 3.63) is 24.6 Å². The molecule has 0 aromatic carbocycles. The molecule has 0 spiro atoms. The number of carbonyl (C=O) groups excluding carboxylic acids is 1. The average molecular weight is 187 g/mol. The number of nitrogens with one attached hydrogen (secondary N) is 1. The highest BCUT2D eigenvalue weighted by atomic mass is 35.5. The topological polar surface area (TPSA) is 41.5 Å². The fourth-order valence-electron chi connectivity index (χ4n) is 0.446. The molecule has 3 nitrogen and oxygen atoms in total. The van der Waals surface area contributed by atoms with Crippen LogP contribution in [0.1, 0.15) is 6.92 Å². The van der Waals surface area contributed by atoms with Crippen molar-refractivity contribution in [1.29, 1.82) is 0 Å². The van der Waals surface area contributed by atoms with Gasteiger partial charge in [0.05, 0.1) is 0 Å². The third-order valence-corrected chi connectivity index (χ3v) is 1.16. The molecule has 0 aliphatic carbocycles. The molecule has 0 fully saturated rings. The van der Waals surface area contributed by atoms with Crippen LogP contribution in [-0.4, -0.2) is 18.0 Å². The normalized spacial score (nSPS) is 10.8. The van der Waals surface area contributed by atoms with Gasteiger partial charge >= 0.3 is 0 Å². The molecule has 0 saturated carbocycles. The number of alkyl halides is 1.